The molecule has 0 spiro atoms. The van der Waals surface area contributed by atoms with E-state index >= 15 is 0 Å². The molecule has 3 rings (SSSR count). The predicted molar refractivity (Wildman–Crippen MR) is 105 cm³/mol. The van der Waals surface area contributed by atoms with Crippen molar-refractivity contribution in [2.45, 2.75) is 33.6 Å². The van der Waals surface area contributed by atoms with Crippen LogP contribution < -0.4 is 14.8 Å². The summed E-state index contributed by atoms with van der Waals surface area (Å²) in [7, 11) is 0. The molecular weight excluding hydrogens is 344 g/mol. The molecule has 1 aromatic heterocycles. The molecule has 0 bridgehead atoms. The Hall–Kier alpha value is -3.02. The number of amides is 1. The summed E-state index contributed by atoms with van der Waals surface area (Å²) >= 11 is 0. The number of rotatable bonds is 8. The summed E-state index contributed by atoms with van der Waals surface area (Å²) in [6.45, 7) is 7.03. The first-order valence-electron chi connectivity index (χ1n) is 9.19. The largest absolute Gasteiger partial charge is 0.490 e. The monoisotopic (exact) mass is 368 g/mol. The number of aromatic nitrogens is 1. The summed E-state index contributed by atoms with van der Waals surface area (Å²) in [5, 5.41) is 2.89. The van der Waals surface area contributed by atoms with Gasteiger partial charge in [0.15, 0.2) is 23.0 Å². The van der Waals surface area contributed by atoms with Gasteiger partial charge in [-0.3, -0.25) is 4.79 Å². The number of nitrogens with zero attached hydrogens (tertiary/aromatic N) is 1. The zero-order valence-electron chi connectivity index (χ0n) is 15.9. The van der Waals surface area contributed by atoms with Gasteiger partial charge in [-0.15, -0.1) is 0 Å². The van der Waals surface area contributed by atoms with Crippen LogP contribution in [-0.4, -0.2) is 24.1 Å². The second-order valence-electron chi connectivity index (χ2n) is 6.23. The number of nitrogens with one attached hydrogen (secondary N) is 1. The van der Waals surface area contributed by atoms with Crippen LogP contribution in [0.1, 0.15) is 42.9 Å². The van der Waals surface area contributed by atoms with Crippen LogP contribution in [-0.2, 0) is 0 Å². The van der Waals surface area contributed by atoms with Crippen LogP contribution in [0.2, 0.25) is 0 Å². The van der Waals surface area contributed by atoms with E-state index in [9.17, 15) is 4.79 Å². The first-order valence-corrected chi connectivity index (χ1v) is 9.19. The summed E-state index contributed by atoms with van der Waals surface area (Å²) in [6, 6.07) is 10.6. The van der Waals surface area contributed by atoms with E-state index in [1.807, 2.05) is 13.8 Å². The third-order valence-corrected chi connectivity index (χ3v) is 3.88. The summed E-state index contributed by atoms with van der Waals surface area (Å²) in [5.74, 6) is 1.61. The average molecular weight is 368 g/mol. The summed E-state index contributed by atoms with van der Waals surface area (Å²) in [4.78, 5) is 16.9. The number of benzene rings is 2. The van der Waals surface area contributed by atoms with Gasteiger partial charge in [0.25, 0.3) is 5.91 Å². The number of carbonyl (C=O) groups is 1. The molecule has 0 aliphatic heterocycles. The average Bonchev–Trinajstić information content (AvgIpc) is 3.04. The van der Waals surface area contributed by atoms with Gasteiger partial charge in [0, 0.05) is 18.2 Å². The number of aryl methyl sites for hydroxylation is 1. The zero-order chi connectivity index (χ0) is 19.2. The maximum absolute atomic E-state index is 12.7. The lowest BCUT2D eigenvalue weighted by atomic mass is 10.1. The summed E-state index contributed by atoms with van der Waals surface area (Å²) < 4.78 is 16.9. The van der Waals surface area contributed by atoms with Crippen molar-refractivity contribution in [1.29, 1.82) is 0 Å². The maximum atomic E-state index is 12.7. The van der Waals surface area contributed by atoms with Crippen molar-refractivity contribution in [1.82, 2.24) is 4.98 Å². The van der Waals surface area contributed by atoms with E-state index in [1.165, 1.54) is 0 Å². The second-order valence-corrected chi connectivity index (χ2v) is 6.23. The van der Waals surface area contributed by atoms with E-state index in [-0.39, 0.29) is 5.91 Å². The smallest absolute Gasteiger partial charge is 0.255 e. The molecule has 0 unspecified atom stereocenters. The fraction of sp³-hybridized carbons (Fsp3) is 0.333. The minimum Gasteiger partial charge on any atom is -0.490 e. The van der Waals surface area contributed by atoms with E-state index in [0.29, 0.717) is 53.0 Å². The zero-order valence-corrected chi connectivity index (χ0v) is 15.9. The van der Waals surface area contributed by atoms with Crippen LogP contribution in [0.5, 0.6) is 11.5 Å². The Morgan fingerprint density at radius 1 is 1.04 bits per heavy atom. The van der Waals surface area contributed by atoms with Crippen molar-refractivity contribution < 1.29 is 18.7 Å². The molecule has 27 heavy (non-hydrogen) atoms. The van der Waals surface area contributed by atoms with Crippen molar-refractivity contribution >= 4 is 22.7 Å². The summed E-state index contributed by atoms with van der Waals surface area (Å²) in [6.07, 6.45) is 1.78. The molecule has 0 atom stereocenters. The molecule has 0 aliphatic rings. The Morgan fingerprint density at radius 2 is 1.78 bits per heavy atom. The van der Waals surface area contributed by atoms with E-state index in [1.54, 1.807) is 43.3 Å². The normalized spacial score (nSPS) is 10.8. The molecule has 1 N–H and O–H groups in total. The fourth-order valence-corrected chi connectivity index (χ4v) is 2.63. The lowest BCUT2D eigenvalue weighted by molar-refractivity contribution is 0.102. The minimum atomic E-state index is -0.224. The first-order chi connectivity index (χ1) is 13.1. The predicted octanol–water partition coefficient (Wildman–Crippen LogP) is 4.97. The van der Waals surface area contributed by atoms with E-state index in [0.717, 1.165) is 12.8 Å². The molecule has 0 saturated heterocycles. The Morgan fingerprint density at radius 3 is 2.52 bits per heavy atom. The highest BCUT2D eigenvalue weighted by Gasteiger charge is 2.13. The highest BCUT2D eigenvalue weighted by atomic mass is 16.5. The van der Waals surface area contributed by atoms with E-state index in [4.69, 9.17) is 13.9 Å². The van der Waals surface area contributed by atoms with Crippen LogP contribution in [0.15, 0.2) is 40.8 Å². The maximum Gasteiger partial charge on any atom is 0.255 e. The van der Waals surface area contributed by atoms with Gasteiger partial charge in [-0.1, -0.05) is 13.8 Å². The molecule has 1 amide bonds. The van der Waals surface area contributed by atoms with Crippen LogP contribution in [0.4, 0.5) is 5.69 Å². The third-order valence-electron chi connectivity index (χ3n) is 3.88. The van der Waals surface area contributed by atoms with Crippen molar-refractivity contribution in [3.63, 3.8) is 0 Å². The van der Waals surface area contributed by atoms with Crippen LogP contribution in [0.3, 0.4) is 0 Å². The molecule has 0 aliphatic carbocycles. The van der Waals surface area contributed by atoms with E-state index < -0.39 is 0 Å². The first kappa shape index (κ1) is 18.8. The lowest BCUT2D eigenvalue weighted by Gasteiger charge is -2.13. The number of hydrogen-bond acceptors (Lipinski definition) is 5. The molecule has 0 radical (unpaired) electrons. The Kier molecular flexibility index (Phi) is 5.96. The standard InChI is InChI=1S/C21H24N2O4/c1-4-10-25-19-8-6-15(12-20(19)26-11-5-2)21(24)23-16-7-9-18-17(13-16)22-14(3)27-18/h6-9,12-13H,4-5,10-11H2,1-3H3,(H,23,24). The number of carbonyl (C=O) groups excluding carboxylic acids is 1. The van der Waals surface area contributed by atoms with Crippen LogP contribution in [0.25, 0.3) is 11.1 Å². The highest BCUT2D eigenvalue weighted by Crippen LogP contribution is 2.29. The van der Waals surface area contributed by atoms with Crippen molar-refractivity contribution in [2.75, 3.05) is 18.5 Å². The Balaban J connectivity index is 1.79. The van der Waals surface area contributed by atoms with Gasteiger partial charge in [0.2, 0.25) is 0 Å². The number of oxazole rings is 1. The third kappa shape index (κ3) is 4.58. The van der Waals surface area contributed by atoms with E-state index in [2.05, 4.69) is 10.3 Å². The van der Waals surface area contributed by atoms with Crippen LogP contribution in [0, 0.1) is 6.92 Å². The number of anilines is 1. The molecule has 6 nitrogen and oxygen atoms in total. The molecule has 0 fully saturated rings. The van der Waals surface area contributed by atoms with Crippen LogP contribution >= 0.6 is 0 Å². The molecule has 6 heteroatoms. The minimum absolute atomic E-state index is 0.224. The van der Waals surface area contributed by atoms with Crippen molar-refractivity contribution in [3.05, 3.63) is 47.9 Å². The van der Waals surface area contributed by atoms with Crippen molar-refractivity contribution in [3.8, 4) is 11.5 Å². The molecular formula is C21H24N2O4. The Labute approximate surface area is 158 Å². The number of ether oxygens (including phenoxy) is 2. The molecule has 1 heterocycles. The molecule has 2 aromatic carbocycles. The van der Waals surface area contributed by atoms with Gasteiger partial charge in [0.05, 0.1) is 13.2 Å². The molecule has 0 saturated carbocycles. The van der Waals surface area contributed by atoms with Gasteiger partial charge in [0.1, 0.15) is 5.52 Å². The van der Waals surface area contributed by atoms with Gasteiger partial charge in [-0.05, 0) is 49.2 Å². The summed E-state index contributed by atoms with van der Waals surface area (Å²) in [5.41, 5.74) is 2.56. The number of hydrogen-bond donors (Lipinski definition) is 1. The van der Waals surface area contributed by atoms with Gasteiger partial charge in [-0.25, -0.2) is 4.98 Å². The van der Waals surface area contributed by atoms with Gasteiger partial charge < -0.3 is 19.2 Å². The molecule has 142 valence electrons. The topological polar surface area (TPSA) is 73.6 Å². The Bertz CT molecular complexity index is 933. The van der Waals surface area contributed by atoms with Crippen molar-refractivity contribution in [2.24, 2.45) is 0 Å². The van der Waals surface area contributed by atoms with Gasteiger partial charge >= 0.3 is 0 Å². The SMILES string of the molecule is CCCOc1ccc(C(=O)Nc2ccc3oc(C)nc3c2)cc1OCCC. The second kappa shape index (κ2) is 8.58. The number of fused-ring (bicyclic) bond motifs is 1. The van der Waals surface area contributed by atoms with Gasteiger partial charge in [-0.2, -0.15) is 0 Å². The quantitative estimate of drug-likeness (QED) is 0.608. The highest BCUT2D eigenvalue weighted by molar-refractivity contribution is 6.05. The fourth-order valence-electron chi connectivity index (χ4n) is 2.63. The molecule has 3 aromatic rings. The lowest BCUT2D eigenvalue weighted by Crippen LogP contribution is -2.12.